The predicted molar refractivity (Wildman–Crippen MR) is 38.1 cm³/mol. The lowest BCUT2D eigenvalue weighted by Crippen LogP contribution is -1.91. The number of fused-ring (bicyclic) bond motifs is 1. The van der Waals surface area contributed by atoms with Gasteiger partial charge in [0.05, 0.1) is 0 Å². The van der Waals surface area contributed by atoms with Gasteiger partial charge in [-0.1, -0.05) is 5.16 Å². The minimum absolute atomic E-state index is 0.924. The van der Waals surface area contributed by atoms with Crippen molar-refractivity contribution >= 4 is 5.82 Å². The first kappa shape index (κ1) is 5.77. The van der Waals surface area contributed by atoms with Crippen molar-refractivity contribution < 1.29 is 4.52 Å². The van der Waals surface area contributed by atoms with Gasteiger partial charge in [-0.3, -0.25) is 0 Å². The van der Waals surface area contributed by atoms with Crippen LogP contribution < -0.4 is 5.32 Å². The first-order valence-electron chi connectivity index (χ1n) is 3.57. The summed E-state index contributed by atoms with van der Waals surface area (Å²) in [5.74, 6) is 2.00. The van der Waals surface area contributed by atoms with E-state index in [1.54, 1.807) is 0 Å². The quantitative estimate of drug-likeness (QED) is 0.633. The predicted octanol–water partition coefficient (Wildman–Crippen LogP) is 1.20. The number of nitrogens with zero attached hydrogens (tertiary/aromatic N) is 1. The van der Waals surface area contributed by atoms with E-state index in [2.05, 4.69) is 10.5 Å². The number of aryl methyl sites for hydroxylation is 1. The van der Waals surface area contributed by atoms with Crippen LogP contribution in [-0.4, -0.2) is 12.2 Å². The van der Waals surface area contributed by atoms with Crippen LogP contribution in [0.4, 0.5) is 5.82 Å². The van der Waals surface area contributed by atoms with E-state index in [1.807, 2.05) is 7.05 Å². The third kappa shape index (κ3) is 0.632. The highest BCUT2D eigenvalue weighted by atomic mass is 16.5. The van der Waals surface area contributed by atoms with Crippen LogP contribution >= 0.6 is 0 Å². The Balaban J connectivity index is 2.44. The molecule has 2 rings (SSSR count). The Kier molecular flexibility index (Phi) is 1.16. The van der Waals surface area contributed by atoms with Gasteiger partial charge in [0.25, 0.3) is 0 Å². The monoisotopic (exact) mass is 138 g/mol. The average Bonchev–Trinajstić information content (AvgIpc) is 2.44. The van der Waals surface area contributed by atoms with Crippen LogP contribution in [0.25, 0.3) is 0 Å². The maximum absolute atomic E-state index is 5.09. The van der Waals surface area contributed by atoms with Crippen molar-refractivity contribution in [2.75, 3.05) is 12.4 Å². The van der Waals surface area contributed by atoms with Gasteiger partial charge >= 0.3 is 0 Å². The molecule has 54 valence electrons. The molecule has 1 aliphatic carbocycles. The molecule has 0 aliphatic heterocycles. The molecule has 10 heavy (non-hydrogen) atoms. The minimum atomic E-state index is 0.924. The van der Waals surface area contributed by atoms with Gasteiger partial charge in [0.1, 0.15) is 5.76 Å². The normalized spacial score (nSPS) is 15.3. The Hall–Kier alpha value is -0.990. The molecular weight excluding hydrogens is 128 g/mol. The molecule has 1 heterocycles. The molecule has 1 aromatic rings. The van der Waals surface area contributed by atoms with E-state index in [0.29, 0.717) is 0 Å². The number of aromatic nitrogens is 1. The molecule has 3 heteroatoms. The second kappa shape index (κ2) is 2.01. The molecular formula is C7H10N2O. The lowest BCUT2D eigenvalue weighted by molar-refractivity contribution is 0.389. The summed E-state index contributed by atoms with van der Waals surface area (Å²) in [6.45, 7) is 0. The number of nitrogens with one attached hydrogen (secondary N) is 1. The third-order valence-electron chi connectivity index (χ3n) is 1.94. The van der Waals surface area contributed by atoms with Crippen molar-refractivity contribution in [1.29, 1.82) is 0 Å². The fourth-order valence-corrected chi connectivity index (χ4v) is 1.42. The van der Waals surface area contributed by atoms with Crippen molar-refractivity contribution in [3.05, 3.63) is 11.3 Å². The van der Waals surface area contributed by atoms with Crippen molar-refractivity contribution in [3.63, 3.8) is 0 Å². The molecule has 1 N–H and O–H groups in total. The highest BCUT2D eigenvalue weighted by Gasteiger charge is 2.19. The summed E-state index contributed by atoms with van der Waals surface area (Å²) in [7, 11) is 1.87. The number of rotatable bonds is 1. The molecule has 1 aliphatic rings. The minimum Gasteiger partial charge on any atom is -0.370 e. The highest BCUT2D eigenvalue weighted by Crippen LogP contribution is 2.27. The summed E-state index contributed by atoms with van der Waals surface area (Å²) in [5.41, 5.74) is 1.28. The lowest BCUT2D eigenvalue weighted by Gasteiger charge is -1.91. The van der Waals surface area contributed by atoms with Crippen LogP contribution in [0.1, 0.15) is 17.7 Å². The molecule has 0 bridgehead atoms. The molecule has 0 fully saturated rings. The Morgan fingerprint density at radius 1 is 1.50 bits per heavy atom. The van der Waals surface area contributed by atoms with E-state index in [-0.39, 0.29) is 0 Å². The van der Waals surface area contributed by atoms with E-state index < -0.39 is 0 Å². The van der Waals surface area contributed by atoms with Gasteiger partial charge < -0.3 is 9.84 Å². The second-order valence-electron chi connectivity index (χ2n) is 2.54. The lowest BCUT2D eigenvalue weighted by atomic mass is 10.3. The molecule has 0 saturated carbocycles. The van der Waals surface area contributed by atoms with Crippen LogP contribution in [0.2, 0.25) is 0 Å². The highest BCUT2D eigenvalue weighted by molar-refractivity contribution is 5.46. The molecule has 0 atom stereocenters. The fourth-order valence-electron chi connectivity index (χ4n) is 1.42. The van der Waals surface area contributed by atoms with Gasteiger partial charge in [0.15, 0.2) is 5.82 Å². The first-order chi connectivity index (χ1) is 4.92. The number of hydrogen-bond acceptors (Lipinski definition) is 3. The number of anilines is 1. The molecule has 0 unspecified atom stereocenters. The summed E-state index contributed by atoms with van der Waals surface area (Å²) < 4.78 is 5.09. The molecule has 0 radical (unpaired) electrons. The Bertz CT molecular complexity index is 242. The van der Waals surface area contributed by atoms with Gasteiger partial charge in [-0.2, -0.15) is 0 Å². The Labute approximate surface area is 59.4 Å². The van der Waals surface area contributed by atoms with Crippen LogP contribution in [0.3, 0.4) is 0 Å². The molecule has 0 spiro atoms. The van der Waals surface area contributed by atoms with Crippen LogP contribution in [0, 0.1) is 0 Å². The van der Waals surface area contributed by atoms with E-state index in [1.165, 1.54) is 12.0 Å². The van der Waals surface area contributed by atoms with Crippen molar-refractivity contribution in [2.24, 2.45) is 0 Å². The Morgan fingerprint density at radius 2 is 2.40 bits per heavy atom. The van der Waals surface area contributed by atoms with Gasteiger partial charge in [0, 0.05) is 19.0 Å². The molecule has 1 aromatic heterocycles. The summed E-state index contributed by atoms with van der Waals surface area (Å²) in [6, 6.07) is 0. The van der Waals surface area contributed by atoms with Crippen LogP contribution in [0.5, 0.6) is 0 Å². The van der Waals surface area contributed by atoms with Gasteiger partial charge in [-0.05, 0) is 12.8 Å². The standard InChI is InChI=1S/C7H10N2O/c1-8-7-5-3-2-4-6(5)10-9-7/h2-4H2,1H3,(H,8,9). The zero-order chi connectivity index (χ0) is 6.97. The first-order valence-corrected chi connectivity index (χ1v) is 3.57. The van der Waals surface area contributed by atoms with E-state index in [4.69, 9.17) is 4.52 Å². The molecule has 0 amide bonds. The smallest absolute Gasteiger partial charge is 0.172 e. The average molecular weight is 138 g/mol. The zero-order valence-corrected chi connectivity index (χ0v) is 5.98. The van der Waals surface area contributed by atoms with E-state index >= 15 is 0 Å². The topological polar surface area (TPSA) is 38.1 Å². The Morgan fingerprint density at radius 3 is 3.20 bits per heavy atom. The van der Waals surface area contributed by atoms with Gasteiger partial charge in [-0.15, -0.1) is 0 Å². The maximum Gasteiger partial charge on any atom is 0.172 e. The summed E-state index contributed by atoms with van der Waals surface area (Å²) in [4.78, 5) is 0. The summed E-state index contributed by atoms with van der Waals surface area (Å²) >= 11 is 0. The van der Waals surface area contributed by atoms with Gasteiger partial charge in [0.2, 0.25) is 0 Å². The van der Waals surface area contributed by atoms with Crippen molar-refractivity contribution in [1.82, 2.24) is 5.16 Å². The van der Waals surface area contributed by atoms with Crippen LogP contribution in [0.15, 0.2) is 4.52 Å². The van der Waals surface area contributed by atoms with Gasteiger partial charge in [-0.25, -0.2) is 0 Å². The SMILES string of the molecule is CNc1noc2c1CCC2. The van der Waals surface area contributed by atoms with Crippen molar-refractivity contribution in [3.8, 4) is 0 Å². The summed E-state index contributed by atoms with van der Waals surface area (Å²) in [6.07, 6.45) is 3.39. The third-order valence-corrected chi connectivity index (χ3v) is 1.94. The fraction of sp³-hybridized carbons (Fsp3) is 0.571. The summed E-state index contributed by atoms with van der Waals surface area (Å²) in [5, 5.41) is 6.87. The zero-order valence-electron chi connectivity index (χ0n) is 5.98. The van der Waals surface area contributed by atoms with Crippen molar-refractivity contribution in [2.45, 2.75) is 19.3 Å². The second-order valence-corrected chi connectivity index (χ2v) is 2.54. The maximum atomic E-state index is 5.09. The van der Waals surface area contributed by atoms with E-state index in [0.717, 1.165) is 24.4 Å². The largest absolute Gasteiger partial charge is 0.370 e. The molecule has 0 saturated heterocycles. The number of hydrogen-bond donors (Lipinski definition) is 1. The molecule has 0 aromatic carbocycles. The van der Waals surface area contributed by atoms with E-state index in [9.17, 15) is 0 Å². The molecule has 3 nitrogen and oxygen atoms in total. The van der Waals surface area contributed by atoms with Crippen LogP contribution in [-0.2, 0) is 12.8 Å².